The van der Waals surface area contributed by atoms with Gasteiger partial charge < -0.3 is 19.7 Å². The monoisotopic (exact) mass is 375 g/mol. The predicted octanol–water partition coefficient (Wildman–Crippen LogP) is 3.14. The average Bonchev–Trinajstić information content (AvgIpc) is 3.14. The Morgan fingerprint density at radius 3 is 2.56 bits per heavy atom. The Hall–Kier alpha value is -2.54. The molecule has 2 fully saturated rings. The molecule has 1 unspecified atom stereocenters. The van der Waals surface area contributed by atoms with Crippen molar-refractivity contribution in [2.24, 2.45) is 5.41 Å². The van der Waals surface area contributed by atoms with Crippen molar-refractivity contribution in [2.75, 3.05) is 13.7 Å². The van der Waals surface area contributed by atoms with Crippen molar-refractivity contribution in [1.29, 1.82) is 0 Å². The third kappa shape index (κ3) is 2.86. The van der Waals surface area contributed by atoms with E-state index in [0.29, 0.717) is 25.7 Å². The van der Waals surface area contributed by atoms with Crippen LogP contribution in [-0.4, -0.2) is 52.5 Å². The summed E-state index contributed by atoms with van der Waals surface area (Å²) in [6, 6.07) is 7.41. The van der Waals surface area contributed by atoms with Crippen molar-refractivity contribution in [3.05, 3.63) is 42.5 Å². The lowest BCUT2D eigenvalue weighted by Crippen LogP contribution is -2.59. The molecule has 3 atom stereocenters. The number of amides is 1. The highest BCUT2D eigenvalue weighted by Crippen LogP contribution is 2.60. The smallest absolute Gasteiger partial charge is 0.408 e. The van der Waals surface area contributed by atoms with Crippen molar-refractivity contribution >= 4 is 12.1 Å². The first-order valence-electron chi connectivity index (χ1n) is 9.00. The molecule has 1 heterocycles. The number of rotatable bonds is 7. The van der Waals surface area contributed by atoms with Gasteiger partial charge in [-0.15, -0.1) is 6.58 Å². The number of hydrogen-bond acceptors (Lipinski definition) is 4. The molecule has 1 aromatic carbocycles. The van der Waals surface area contributed by atoms with Gasteiger partial charge in [-0.3, -0.25) is 4.90 Å². The van der Waals surface area contributed by atoms with Gasteiger partial charge in [0, 0.05) is 5.41 Å². The predicted molar refractivity (Wildman–Crippen MR) is 97.8 cm³/mol. The number of likely N-dealkylation sites (tertiary alicyclic amines) is 1. The third-order valence-electron chi connectivity index (χ3n) is 6.11. The lowest BCUT2D eigenvalue weighted by atomic mass is 9.68. The Morgan fingerprint density at radius 1 is 1.30 bits per heavy atom. The molecule has 1 amide bonds. The molecule has 1 aliphatic heterocycles. The highest BCUT2D eigenvalue weighted by atomic mass is 16.5. The third-order valence-corrected chi connectivity index (χ3v) is 6.11. The Balaban J connectivity index is 1.90. The number of carboxylic acids is 1. The van der Waals surface area contributed by atoms with E-state index in [1.54, 1.807) is 13.2 Å². The topological polar surface area (TPSA) is 96.3 Å². The number of carbonyl (C=O) groups is 2. The SMILES string of the molecule is C=CC[C@@]12CCC[C@]1(C(=O)O)N(C(=O)O)CC2OCc1ccc(OC)cc1. The molecule has 2 N–H and O–H groups in total. The van der Waals surface area contributed by atoms with E-state index in [9.17, 15) is 19.8 Å². The summed E-state index contributed by atoms with van der Waals surface area (Å²) in [6.45, 7) is 4.10. The molecule has 0 radical (unpaired) electrons. The standard InChI is InChI=1S/C20H25NO6/c1-3-9-19-10-4-11-20(19,17(22)23)21(18(24)25)12-16(19)27-13-14-5-7-15(26-2)8-6-14/h3,5-8,16H,1,4,9-13H2,2H3,(H,22,23)(H,24,25)/t16?,19-,20+/m0/s1. The molecule has 1 saturated heterocycles. The van der Waals surface area contributed by atoms with Gasteiger partial charge in [-0.05, 0) is 43.4 Å². The van der Waals surface area contributed by atoms with Gasteiger partial charge in [-0.1, -0.05) is 18.2 Å². The van der Waals surface area contributed by atoms with Crippen LogP contribution in [0.1, 0.15) is 31.2 Å². The number of allylic oxidation sites excluding steroid dienone is 1. The second kappa shape index (κ2) is 7.23. The molecular formula is C20H25NO6. The summed E-state index contributed by atoms with van der Waals surface area (Å²) in [5.74, 6) is -0.361. The molecule has 1 aromatic rings. The fraction of sp³-hybridized carbons (Fsp3) is 0.500. The van der Waals surface area contributed by atoms with Crippen LogP contribution in [0.15, 0.2) is 36.9 Å². The van der Waals surface area contributed by atoms with E-state index < -0.39 is 29.1 Å². The number of aliphatic carboxylic acids is 1. The van der Waals surface area contributed by atoms with Crippen LogP contribution in [-0.2, 0) is 16.1 Å². The first-order valence-corrected chi connectivity index (χ1v) is 9.00. The highest BCUT2D eigenvalue weighted by molar-refractivity contribution is 5.87. The number of carboxylic acid groups (broad SMARTS) is 2. The van der Waals surface area contributed by atoms with Crippen LogP contribution in [0.5, 0.6) is 5.75 Å². The largest absolute Gasteiger partial charge is 0.497 e. The fourth-order valence-electron chi connectivity index (χ4n) is 4.91. The van der Waals surface area contributed by atoms with Gasteiger partial charge in [0.1, 0.15) is 5.75 Å². The molecular weight excluding hydrogens is 350 g/mol. The zero-order chi connectivity index (χ0) is 19.7. The van der Waals surface area contributed by atoms with Gasteiger partial charge in [0.2, 0.25) is 0 Å². The summed E-state index contributed by atoms with van der Waals surface area (Å²) in [6.07, 6.45) is 1.89. The minimum atomic E-state index is -1.46. The summed E-state index contributed by atoms with van der Waals surface area (Å²) < 4.78 is 11.3. The summed E-state index contributed by atoms with van der Waals surface area (Å²) >= 11 is 0. The van der Waals surface area contributed by atoms with Crippen molar-refractivity contribution in [3.63, 3.8) is 0 Å². The van der Waals surface area contributed by atoms with E-state index in [1.165, 1.54) is 0 Å². The number of benzene rings is 1. The van der Waals surface area contributed by atoms with Gasteiger partial charge in [0.05, 0.1) is 26.4 Å². The van der Waals surface area contributed by atoms with Crippen LogP contribution in [0.2, 0.25) is 0 Å². The maximum atomic E-state index is 12.3. The quantitative estimate of drug-likeness (QED) is 0.711. The number of methoxy groups -OCH3 is 1. The van der Waals surface area contributed by atoms with Crippen LogP contribution >= 0.6 is 0 Å². The van der Waals surface area contributed by atoms with Crippen LogP contribution in [0.4, 0.5) is 4.79 Å². The zero-order valence-corrected chi connectivity index (χ0v) is 15.4. The minimum absolute atomic E-state index is 0.0473. The Morgan fingerprint density at radius 2 is 2.00 bits per heavy atom. The molecule has 0 spiro atoms. The van der Waals surface area contributed by atoms with Gasteiger partial charge in [0.25, 0.3) is 0 Å². The summed E-state index contributed by atoms with van der Waals surface area (Å²) in [7, 11) is 1.59. The van der Waals surface area contributed by atoms with E-state index >= 15 is 0 Å². The van der Waals surface area contributed by atoms with Crippen LogP contribution in [0.3, 0.4) is 0 Å². The molecule has 146 valence electrons. The lowest BCUT2D eigenvalue weighted by Gasteiger charge is -2.41. The zero-order valence-electron chi connectivity index (χ0n) is 15.4. The number of hydrogen-bond donors (Lipinski definition) is 2. The van der Waals surface area contributed by atoms with Gasteiger partial charge in [0.15, 0.2) is 5.54 Å². The van der Waals surface area contributed by atoms with Crippen molar-refractivity contribution in [1.82, 2.24) is 4.90 Å². The first-order chi connectivity index (χ1) is 12.9. The average molecular weight is 375 g/mol. The molecule has 27 heavy (non-hydrogen) atoms. The number of fused-ring (bicyclic) bond motifs is 1. The van der Waals surface area contributed by atoms with Crippen molar-refractivity contribution in [3.8, 4) is 5.75 Å². The maximum absolute atomic E-state index is 12.3. The Labute approximate surface area is 158 Å². The Kier molecular flexibility index (Phi) is 5.15. The molecule has 7 heteroatoms. The van der Waals surface area contributed by atoms with Crippen molar-refractivity contribution < 1.29 is 29.3 Å². The van der Waals surface area contributed by atoms with E-state index in [4.69, 9.17) is 9.47 Å². The fourth-order valence-corrected chi connectivity index (χ4v) is 4.91. The second-order valence-corrected chi connectivity index (χ2v) is 7.21. The van der Waals surface area contributed by atoms with Gasteiger partial charge >= 0.3 is 12.1 Å². The summed E-state index contributed by atoms with van der Waals surface area (Å²) in [5, 5.41) is 19.7. The molecule has 3 rings (SSSR count). The summed E-state index contributed by atoms with van der Waals surface area (Å²) in [4.78, 5) is 25.2. The first kappa shape index (κ1) is 19.2. The van der Waals surface area contributed by atoms with Crippen LogP contribution in [0.25, 0.3) is 0 Å². The van der Waals surface area contributed by atoms with E-state index in [2.05, 4.69) is 6.58 Å². The number of ether oxygens (including phenoxy) is 2. The molecule has 2 aliphatic rings. The van der Waals surface area contributed by atoms with Crippen LogP contribution < -0.4 is 4.74 Å². The molecule has 7 nitrogen and oxygen atoms in total. The lowest BCUT2D eigenvalue weighted by molar-refractivity contribution is -0.156. The van der Waals surface area contributed by atoms with E-state index in [1.807, 2.05) is 24.3 Å². The van der Waals surface area contributed by atoms with Crippen molar-refractivity contribution in [2.45, 2.75) is 43.9 Å². The maximum Gasteiger partial charge on any atom is 0.408 e. The summed E-state index contributed by atoms with van der Waals surface area (Å²) in [5.41, 5.74) is -1.35. The second-order valence-electron chi connectivity index (χ2n) is 7.21. The van der Waals surface area contributed by atoms with Crippen LogP contribution in [0, 0.1) is 5.41 Å². The molecule has 1 aliphatic carbocycles. The number of nitrogens with zero attached hydrogens (tertiary/aromatic N) is 1. The minimum Gasteiger partial charge on any atom is -0.497 e. The van der Waals surface area contributed by atoms with Gasteiger partial charge in [-0.2, -0.15) is 0 Å². The molecule has 0 aromatic heterocycles. The van der Waals surface area contributed by atoms with E-state index in [0.717, 1.165) is 16.2 Å². The Bertz CT molecular complexity index is 732. The molecule has 0 bridgehead atoms. The highest BCUT2D eigenvalue weighted by Gasteiger charge is 2.71. The molecule has 1 saturated carbocycles. The van der Waals surface area contributed by atoms with E-state index in [-0.39, 0.29) is 13.2 Å². The normalized spacial score (nSPS) is 29.4. The van der Waals surface area contributed by atoms with Gasteiger partial charge in [-0.25, -0.2) is 9.59 Å².